The molecule has 0 fully saturated rings. The standard InChI is InChI=1S/C12H13N3O3/c1-8-11(12(16)17)4-10(18-8)6-14-5-9-2-3-13-7-15-9/h2-4,7,14H,5-6H2,1H3,(H,16,17). The van der Waals surface area contributed by atoms with Gasteiger partial charge in [-0.2, -0.15) is 0 Å². The first-order valence-corrected chi connectivity index (χ1v) is 5.45. The number of furan rings is 1. The van der Waals surface area contributed by atoms with Crippen LogP contribution >= 0.6 is 0 Å². The largest absolute Gasteiger partial charge is 0.478 e. The van der Waals surface area contributed by atoms with E-state index in [2.05, 4.69) is 15.3 Å². The zero-order valence-electron chi connectivity index (χ0n) is 9.88. The van der Waals surface area contributed by atoms with Crippen LogP contribution < -0.4 is 5.32 Å². The third-order valence-electron chi connectivity index (χ3n) is 2.45. The molecular formula is C12H13N3O3. The van der Waals surface area contributed by atoms with Crippen LogP contribution in [0.2, 0.25) is 0 Å². The van der Waals surface area contributed by atoms with Gasteiger partial charge in [-0.25, -0.2) is 14.8 Å². The fourth-order valence-electron chi connectivity index (χ4n) is 1.58. The molecule has 0 saturated carbocycles. The molecular weight excluding hydrogens is 234 g/mol. The van der Waals surface area contributed by atoms with Crippen LogP contribution in [0.5, 0.6) is 0 Å². The maximum Gasteiger partial charge on any atom is 0.339 e. The van der Waals surface area contributed by atoms with Crippen molar-refractivity contribution in [2.24, 2.45) is 0 Å². The zero-order chi connectivity index (χ0) is 13.0. The Morgan fingerprint density at radius 2 is 2.33 bits per heavy atom. The van der Waals surface area contributed by atoms with E-state index >= 15 is 0 Å². The lowest BCUT2D eigenvalue weighted by Crippen LogP contribution is -2.13. The maximum atomic E-state index is 10.8. The molecule has 2 aromatic rings. The first kappa shape index (κ1) is 12.3. The summed E-state index contributed by atoms with van der Waals surface area (Å²) in [6.07, 6.45) is 3.15. The number of carbonyl (C=O) groups is 1. The smallest absolute Gasteiger partial charge is 0.339 e. The van der Waals surface area contributed by atoms with Gasteiger partial charge in [-0.15, -0.1) is 0 Å². The van der Waals surface area contributed by atoms with Crippen molar-refractivity contribution in [3.63, 3.8) is 0 Å². The van der Waals surface area contributed by atoms with Crippen molar-refractivity contribution < 1.29 is 14.3 Å². The summed E-state index contributed by atoms with van der Waals surface area (Å²) in [6, 6.07) is 3.34. The monoisotopic (exact) mass is 247 g/mol. The van der Waals surface area contributed by atoms with E-state index in [4.69, 9.17) is 9.52 Å². The van der Waals surface area contributed by atoms with Crippen molar-refractivity contribution in [3.8, 4) is 0 Å². The molecule has 0 spiro atoms. The molecule has 0 radical (unpaired) electrons. The predicted octanol–water partition coefficient (Wildman–Crippen LogP) is 1.37. The molecule has 0 bridgehead atoms. The van der Waals surface area contributed by atoms with E-state index in [1.807, 2.05) is 6.07 Å². The van der Waals surface area contributed by atoms with E-state index in [0.29, 0.717) is 24.6 Å². The highest BCUT2D eigenvalue weighted by Gasteiger charge is 2.13. The second kappa shape index (κ2) is 5.42. The van der Waals surface area contributed by atoms with E-state index in [1.165, 1.54) is 12.4 Å². The Morgan fingerprint density at radius 1 is 1.50 bits per heavy atom. The van der Waals surface area contributed by atoms with Gasteiger partial charge in [-0.05, 0) is 19.1 Å². The molecule has 2 heterocycles. The molecule has 18 heavy (non-hydrogen) atoms. The van der Waals surface area contributed by atoms with Gasteiger partial charge in [0.05, 0.1) is 12.2 Å². The highest BCUT2D eigenvalue weighted by molar-refractivity contribution is 5.88. The molecule has 0 amide bonds. The first-order chi connectivity index (χ1) is 8.66. The number of aryl methyl sites for hydroxylation is 1. The lowest BCUT2D eigenvalue weighted by atomic mass is 10.2. The molecule has 2 rings (SSSR count). The fourth-order valence-corrected chi connectivity index (χ4v) is 1.58. The Balaban J connectivity index is 1.91. The summed E-state index contributed by atoms with van der Waals surface area (Å²) in [7, 11) is 0. The van der Waals surface area contributed by atoms with Crippen LogP contribution in [0.25, 0.3) is 0 Å². The summed E-state index contributed by atoms with van der Waals surface area (Å²) >= 11 is 0. The molecule has 6 heteroatoms. The van der Waals surface area contributed by atoms with Gasteiger partial charge in [0, 0.05) is 12.7 Å². The topological polar surface area (TPSA) is 88.3 Å². The summed E-state index contributed by atoms with van der Waals surface area (Å²) in [6.45, 7) is 2.67. The number of aromatic carboxylic acids is 1. The summed E-state index contributed by atoms with van der Waals surface area (Å²) in [5.74, 6) is 0.0404. The Labute approximate surface area is 104 Å². The Kier molecular flexibility index (Phi) is 3.69. The maximum absolute atomic E-state index is 10.8. The molecule has 0 atom stereocenters. The van der Waals surface area contributed by atoms with Gasteiger partial charge >= 0.3 is 5.97 Å². The van der Waals surface area contributed by atoms with Crippen LogP contribution in [-0.2, 0) is 13.1 Å². The van der Waals surface area contributed by atoms with Crippen molar-refractivity contribution >= 4 is 5.97 Å². The molecule has 6 nitrogen and oxygen atoms in total. The Hall–Kier alpha value is -2.21. The number of carboxylic acid groups (broad SMARTS) is 1. The van der Waals surface area contributed by atoms with Crippen molar-refractivity contribution in [2.45, 2.75) is 20.0 Å². The van der Waals surface area contributed by atoms with Crippen LogP contribution in [0.1, 0.15) is 27.6 Å². The summed E-state index contributed by atoms with van der Waals surface area (Å²) in [5.41, 5.74) is 1.07. The number of hydrogen-bond acceptors (Lipinski definition) is 5. The van der Waals surface area contributed by atoms with Crippen molar-refractivity contribution in [3.05, 3.63) is 47.4 Å². The summed E-state index contributed by atoms with van der Waals surface area (Å²) in [5, 5.41) is 12.0. The van der Waals surface area contributed by atoms with Crippen LogP contribution in [0.15, 0.2) is 29.1 Å². The number of nitrogens with one attached hydrogen (secondary N) is 1. The van der Waals surface area contributed by atoms with Gasteiger partial charge in [0.1, 0.15) is 23.4 Å². The Bertz CT molecular complexity index is 537. The van der Waals surface area contributed by atoms with Crippen molar-refractivity contribution in [1.29, 1.82) is 0 Å². The van der Waals surface area contributed by atoms with Gasteiger partial charge < -0.3 is 14.8 Å². The molecule has 0 saturated heterocycles. The lowest BCUT2D eigenvalue weighted by molar-refractivity contribution is 0.0695. The number of aromatic nitrogens is 2. The number of carboxylic acids is 1. The minimum Gasteiger partial charge on any atom is -0.478 e. The fraction of sp³-hybridized carbons (Fsp3) is 0.250. The van der Waals surface area contributed by atoms with E-state index in [1.54, 1.807) is 13.1 Å². The third kappa shape index (κ3) is 2.92. The highest BCUT2D eigenvalue weighted by Crippen LogP contribution is 2.14. The molecule has 0 aliphatic rings. The SMILES string of the molecule is Cc1oc(CNCc2ccncn2)cc1C(=O)O. The van der Waals surface area contributed by atoms with E-state index in [-0.39, 0.29) is 5.56 Å². The van der Waals surface area contributed by atoms with Crippen molar-refractivity contribution in [1.82, 2.24) is 15.3 Å². The average molecular weight is 247 g/mol. The normalized spacial score (nSPS) is 10.5. The van der Waals surface area contributed by atoms with E-state index < -0.39 is 5.97 Å². The van der Waals surface area contributed by atoms with Gasteiger partial charge in [-0.1, -0.05) is 0 Å². The molecule has 0 aromatic carbocycles. The summed E-state index contributed by atoms with van der Waals surface area (Å²) in [4.78, 5) is 18.7. The predicted molar refractivity (Wildman–Crippen MR) is 63.0 cm³/mol. The molecule has 0 aliphatic carbocycles. The van der Waals surface area contributed by atoms with Crippen molar-refractivity contribution in [2.75, 3.05) is 0 Å². The third-order valence-corrected chi connectivity index (χ3v) is 2.45. The van der Waals surface area contributed by atoms with E-state index in [9.17, 15) is 4.79 Å². The van der Waals surface area contributed by atoms with Gasteiger partial charge in [-0.3, -0.25) is 0 Å². The summed E-state index contributed by atoms with van der Waals surface area (Å²) < 4.78 is 5.34. The van der Waals surface area contributed by atoms with E-state index in [0.717, 1.165) is 5.69 Å². The lowest BCUT2D eigenvalue weighted by Gasteiger charge is -2.01. The van der Waals surface area contributed by atoms with Crippen LogP contribution in [0.4, 0.5) is 0 Å². The second-order valence-electron chi connectivity index (χ2n) is 3.79. The zero-order valence-corrected chi connectivity index (χ0v) is 9.88. The van der Waals surface area contributed by atoms with Crippen LogP contribution in [0.3, 0.4) is 0 Å². The molecule has 2 aromatic heterocycles. The average Bonchev–Trinajstić information content (AvgIpc) is 2.72. The highest BCUT2D eigenvalue weighted by atomic mass is 16.4. The van der Waals surface area contributed by atoms with Crippen LogP contribution in [-0.4, -0.2) is 21.0 Å². The first-order valence-electron chi connectivity index (χ1n) is 5.45. The molecule has 0 unspecified atom stereocenters. The second-order valence-corrected chi connectivity index (χ2v) is 3.79. The number of rotatable bonds is 5. The Morgan fingerprint density at radius 3 is 2.94 bits per heavy atom. The van der Waals surface area contributed by atoms with Gasteiger partial charge in [0.15, 0.2) is 0 Å². The molecule has 0 aliphatic heterocycles. The minimum atomic E-state index is -0.974. The van der Waals surface area contributed by atoms with Gasteiger partial charge in [0.2, 0.25) is 0 Å². The van der Waals surface area contributed by atoms with Crippen LogP contribution in [0, 0.1) is 6.92 Å². The quantitative estimate of drug-likeness (QED) is 0.829. The molecule has 2 N–H and O–H groups in total. The minimum absolute atomic E-state index is 0.203. The van der Waals surface area contributed by atoms with Gasteiger partial charge in [0.25, 0.3) is 0 Å². The molecule has 94 valence electrons. The number of hydrogen-bond donors (Lipinski definition) is 2. The number of nitrogens with zero attached hydrogens (tertiary/aromatic N) is 2.